The molecule has 47 heavy (non-hydrogen) atoms. The number of aromatic amines is 2. The summed E-state index contributed by atoms with van der Waals surface area (Å²) >= 11 is 0. The van der Waals surface area contributed by atoms with E-state index in [9.17, 15) is 9.59 Å². The van der Waals surface area contributed by atoms with E-state index in [2.05, 4.69) is 45.1 Å². The molecule has 0 aromatic carbocycles. The first-order valence-electron chi connectivity index (χ1n) is 19.4. The van der Waals surface area contributed by atoms with Crippen molar-refractivity contribution in [3.05, 3.63) is 66.7 Å². The number of nitrogens with zero attached hydrogens (tertiary/aromatic N) is 2. The van der Waals surface area contributed by atoms with Crippen molar-refractivity contribution >= 4 is 21.8 Å². The van der Waals surface area contributed by atoms with Crippen LogP contribution in [0.3, 0.4) is 0 Å². The van der Waals surface area contributed by atoms with Crippen molar-refractivity contribution in [3.8, 4) is 0 Å². The molecule has 4 aromatic heterocycles. The number of hydrogen-bond acceptors (Lipinski definition) is 2. The maximum Gasteiger partial charge on any atom is 0.257 e. The van der Waals surface area contributed by atoms with Crippen molar-refractivity contribution in [2.24, 2.45) is 0 Å². The summed E-state index contributed by atoms with van der Waals surface area (Å²) in [6.45, 7) is 10.5. The molecule has 2 aliphatic rings. The number of nitrogens with one attached hydrogen (secondary N) is 2. The predicted octanol–water partition coefficient (Wildman–Crippen LogP) is 10.2. The summed E-state index contributed by atoms with van der Waals surface area (Å²) in [5.74, 6) is 0.667. The fourth-order valence-electron chi connectivity index (χ4n) is 9.25. The minimum atomic E-state index is 0.0673. The third-order valence-electron chi connectivity index (χ3n) is 11.4. The van der Waals surface area contributed by atoms with E-state index in [0.717, 1.165) is 78.4 Å². The lowest BCUT2D eigenvalue weighted by Crippen LogP contribution is -2.28. The second-order valence-electron chi connectivity index (χ2n) is 15.1. The van der Waals surface area contributed by atoms with E-state index in [1.54, 1.807) is 0 Å². The average Bonchev–Trinajstić information content (AvgIpc) is 3.52. The first-order valence-corrected chi connectivity index (χ1v) is 19.4. The Hall–Kier alpha value is -3.02. The second kappa shape index (κ2) is 15.5. The van der Waals surface area contributed by atoms with Gasteiger partial charge >= 0.3 is 0 Å². The standard InChI is InChI=1S/C41H60N4O2/c1-5-7-9-11-13-15-17-19-21-44-34-23-28(3)42-40(46)36(34)32-27-31-25-30(38(32)44)26-33-37-35(24-29(4)43-41(37)47)45(39(31)33)22-20-18-16-14-12-10-8-6-2/h23-24,30-31H,5-22,25-27H2,1-4H3,(H,42,46)(H,43,47)/t30-,31-/m1/s1. The van der Waals surface area contributed by atoms with Crippen LogP contribution in [0.2, 0.25) is 0 Å². The number of unbranched alkanes of at least 4 members (excludes halogenated alkanes) is 14. The summed E-state index contributed by atoms with van der Waals surface area (Å²) in [5.41, 5.74) is 9.57. The van der Waals surface area contributed by atoms with Gasteiger partial charge in [0.2, 0.25) is 0 Å². The Morgan fingerprint density at radius 1 is 0.574 bits per heavy atom. The Labute approximate surface area is 281 Å². The predicted molar refractivity (Wildman–Crippen MR) is 197 cm³/mol. The number of pyridine rings is 2. The highest BCUT2D eigenvalue weighted by Gasteiger charge is 2.41. The van der Waals surface area contributed by atoms with Gasteiger partial charge < -0.3 is 19.1 Å². The van der Waals surface area contributed by atoms with Crippen LogP contribution in [0, 0.1) is 13.8 Å². The smallest absolute Gasteiger partial charge is 0.257 e. The van der Waals surface area contributed by atoms with Crippen LogP contribution in [0.5, 0.6) is 0 Å². The highest BCUT2D eigenvalue weighted by Crippen LogP contribution is 2.51. The number of fused-ring (bicyclic) bond motifs is 10. The zero-order chi connectivity index (χ0) is 32.9. The van der Waals surface area contributed by atoms with Gasteiger partial charge in [-0.3, -0.25) is 9.59 Å². The highest BCUT2D eigenvalue weighted by atomic mass is 16.1. The lowest BCUT2D eigenvalue weighted by atomic mass is 9.70. The molecule has 6 nitrogen and oxygen atoms in total. The van der Waals surface area contributed by atoms with Gasteiger partial charge in [0.1, 0.15) is 0 Å². The molecule has 6 heteroatoms. The van der Waals surface area contributed by atoms with Gasteiger partial charge in [0.15, 0.2) is 0 Å². The fraction of sp³-hybridized carbons (Fsp3) is 0.659. The molecule has 2 atom stereocenters. The number of aromatic nitrogens is 4. The molecule has 0 spiro atoms. The quantitative estimate of drug-likeness (QED) is 0.106. The number of hydrogen-bond donors (Lipinski definition) is 2. The Kier molecular flexibility index (Phi) is 11.1. The van der Waals surface area contributed by atoms with Crippen LogP contribution in [0.25, 0.3) is 21.8 Å². The van der Waals surface area contributed by atoms with Crippen molar-refractivity contribution < 1.29 is 0 Å². The molecule has 0 aliphatic heterocycles. The van der Waals surface area contributed by atoms with Crippen LogP contribution in [-0.4, -0.2) is 19.1 Å². The fourth-order valence-corrected chi connectivity index (χ4v) is 9.25. The van der Waals surface area contributed by atoms with Crippen molar-refractivity contribution in [2.75, 3.05) is 0 Å². The van der Waals surface area contributed by atoms with Crippen LogP contribution in [0.4, 0.5) is 0 Å². The number of aryl methyl sites for hydroxylation is 4. The Bertz CT molecular complexity index is 1650. The van der Waals surface area contributed by atoms with Gasteiger partial charge in [-0.2, -0.15) is 0 Å². The zero-order valence-electron chi connectivity index (χ0n) is 29.9. The molecule has 0 radical (unpaired) electrons. The molecular formula is C41H60N4O2. The van der Waals surface area contributed by atoms with Gasteiger partial charge in [-0.15, -0.1) is 0 Å². The summed E-state index contributed by atoms with van der Waals surface area (Å²) in [7, 11) is 0. The molecular weight excluding hydrogens is 580 g/mol. The van der Waals surface area contributed by atoms with E-state index < -0.39 is 0 Å². The lowest BCUT2D eigenvalue weighted by molar-refractivity contribution is 0.410. The molecule has 4 heterocycles. The van der Waals surface area contributed by atoms with Crippen molar-refractivity contribution in [1.82, 2.24) is 19.1 Å². The maximum atomic E-state index is 13.6. The van der Waals surface area contributed by atoms with Crippen molar-refractivity contribution in [1.29, 1.82) is 0 Å². The minimum absolute atomic E-state index is 0.0673. The molecule has 2 aliphatic carbocycles. The van der Waals surface area contributed by atoms with Gasteiger partial charge in [-0.25, -0.2) is 0 Å². The van der Waals surface area contributed by atoms with E-state index in [-0.39, 0.29) is 11.1 Å². The van der Waals surface area contributed by atoms with Crippen molar-refractivity contribution in [2.45, 2.75) is 175 Å². The molecule has 0 amide bonds. The molecule has 0 saturated carbocycles. The minimum Gasteiger partial charge on any atom is -0.344 e. The Morgan fingerprint density at radius 3 is 1.32 bits per heavy atom. The first-order chi connectivity index (χ1) is 22.9. The summed E-state index contributed by atoms with van der Waals surface area (Å²) in [4.78, 5) is 33.5. The highest BCUT2D eigenvalue weighted by molar-refractivity contribution is 5.88. The molecule has 0 saturated heterocycles. The van der Waals surface area contributed by atoms with Gasteiger partial charge in [0.25, 0.3) is 11.1 Å². The third-order valence-corrected chi connectivity index (χ3v) is 11.4. The van der Waals surface area contributed by atoms with Crippen LogP contribution in [-0.2, 0) is 25.9 Å². The Balaban J connectivity index is 1.29. The van der Waals surface area contributed by atoms with E-state index in [0.29, 0.717) is 11.8 Å². The van der Waals surface area contributed by atoms with E-state index in [1.165, 1.54) is 112 Å². The number of H-pyrrole nitrogens is 2. The van der Waals surface area contributed by atoms with E-state index in [4.69, 9.17) is 0 Å². The largest absolute Gasteiger partial charge is 0.344 e. The summed E-state index contributed by atoms with van der Waals surface area (Å²) in [6, 6.07) is 4.42. The maximum absolute atomic E-state index is 13.6. The topological polar surface area (TPSA) is 75.6 Å². The SMILES string of the molecule is CCCCCCCCCCn1c2c(c3c(=O)[nH]c(C)cc31)C[C@H]1C[C@@H]2Cc2c1n(CCCCCCCCCC)c1cc(C)[nH]c(=O)c21. The summed E-state index contributed by atoms with van der Waals surface area (Å²) in [6.07, 6.45) is 23.6. The first kappa shape index (κ1) is 33.9. The molecule has 0 fully saturated rings. The van der Waals surface area contributed by atoms with Crippen LogP contribution in [0.1, 0.15) is 169 Å². The normalized spacial score (nSPS) is 17.1. The molecule has 0 unspecified atom stereocenters. The monoisotopic (exact) mass is 640 g/mol. The van der Waals surface area contributed by atoms with Gasteiger partial charge in [-0.05, 0) is 69.2 Å². The molecule has 256 valence electrons. The summed E-state index contributed by atoms with van der Waals surface area (Å²) < 4.78 is 5.06. The lowest BCUT2D eigenvalue weighted by Gasteiger charge is -2.37. The van der Waals surface area contributed by atoms with Crippen LogP contribution < -0.4 is 11.1 Å². The second-order valence-corrected chi connectivity index (χ2v) is 15.1. The molecule has 2 bridgehead atoms. The van der Waals surface area contributed by atoms with Crippen LogP contribution >= 0.6 is 0 Å². The molecule has 6 rings (SSSR count). The Morgan fingerprint density at radius 2 is 0.936 bits per heavy atom. The number of rotatable bonds is 18. The van der Waals surface area contributed by atoms with Gasteiger partial charge in [0, 0.05) is 47.7 Å². The van der Waals surface area contributed by atoms with Gasteiger partial charge in [-0.1, -0.05) is 104 Å². The van der Waals surface area contributed by atoms with E-state index >= 15 is 0 Å². The van der Waals surface area contributed by atoms with E-state index in [1.807, 2.05) is 13.8 Å². The third kappa shape index (κ3) is 7.08. The average molecular weight is 641 g/mol. The van der Waals surface area contributed by atoms with Crippen LogP contribution in [0.15, 0.2) is 21.7 Å². The molecule has 4 aromatic rings. The molecule has 2 N–H and O–H groups in total. The zero-order valence-corrected chi connectivity index (χ0v) is 29.9. The van der Waals surface area contributed by atoms with Gasteiger partial charge in [0.05, 0.1) is 21.8 Å². The summed E-state index contributed by atoms with van der Waals surface area (Å²) in [5, 5.41) is 1.84. The van der Waals surface area contributed by atoms with Crippen molar-refractivity contribution in [3.63, 3.8) is 0 Å².